The van der Waals surface area contributed by atoms with Crippen LogP contribution in [0, 0.1) is 5.82 Å². The second kappa shape index (κ2) is 10.9. The average Bonchev–Trinajstić information content (AvgIpc) is 2.96. The summed E-state index contributed by atoms with van der Waals surface area (Å²) >= 11 is 12.8. The van der Waals surface area contributed by atoms with Crippen molar-refractivity contribution in [1.82, 2.24) is 10.3 Å². The fraction of sp³-hybridized carbons (Fsp3) is 0.200. The Kier molecular flexibility index (Phi) is 7.71. The molecule has 36 heavy (non-hydrogen) atoms. The number of rotatable bonds is 7. The zero-order valence-electron chi connectivity index (χ0n) is 19.3. The van der Waals surface area contributed by atoms with Crippen LogP contribution in [0.5, 0.6) is 11.6 Å². The van der Waals surface area contributed by atoms with E-state index in [1.54, 1.807) is 44.2 Å². The molecule has 1 aromatic heterocycles. The largest absolute Gasteiger partial charge is 0.493 e. The van der Waals surface area contributed by atoms with E-state index in [4.69, 9.17) is 32.7 Å². The van der Waals surface area contributed by atoms with E-state index in [-0.39, 0.29) is 23.1 Å². The number of nitrogens with zero attached hydrogens (tertiary/aromatic N) is 2. The van der Waals surface area contributed by atoms with E-state index < -0.39 is 23.8 Å². The second-order valence-corrected chi connectivity index (χ2v) is 8.37. The van der Waals surface area contributed by atoms with Crippen molar-refractivity contribution in [3.8, 4) is 11.6 Å². The Morgan fingerprint density at radius 3 is 2.64 bits per heavy atom. The van der Waals surface area contributed by atoms with E-state index in [2.05, 4.69) is 20.6 Å². The van der Waals surface area contributed by atoms with Crippen LogP contribution in [0.3, 0.4) is 0 Å². The van der Waals surface area contributed by atoms with E-state index >= 15 is 0 Å². The van der Waals surface area contributed by atoms with Gasteiger partial charge in [-0.2, -0.15) is 0 Å². The quantitative estimate of drug-likeness (QED) is 0.453. The monoisotopic (exact) mass is 530 g/mol. The van der Waals surface area contributed by atoms with Crippen LogP contribution < -0.4 is 20.1 Å². The lowest BCUT2D eigenvalue weighted by Gasteiger charge is -2.17. The molecule has 0 radical (unpaired) electrons. The molecule has 2 heterocycles. The van der Waals surface area contributed by atoms with Gasteiger partial charge in [0.1, 0.15) is 17.1 Å². The molecular formula is C25H21Cl2FN4O4. The molecule has 0 fully saturated rings. The van der Waals surface area contributed by atoms with Crippen molar-refractivity contribution in [3.63, 3.8) is 0 Å². The Balaban J connectivity index is 1.83. The summed E-state index contributed by atoms with van der Waals surface area (Å²) in [6, 6.07) is 11.1. The number of hydrogen-bond acceptors (Lipinski definition) is 6. The highest BCUT2D eigenvalue weighted by atomic mass is 35.5. The summed E-state index contributed by atoms with van der Waals surface area (Å²) in [5.74, 6) is -1.86. The molecule has 3 aromatic rings. The highest BCUT2D eigenvalue weighted by molar-refractivity contribution is 6.39. The maximum Gasteiger partial charge on any atom is 0.269 e. The fourth-order valence-corrected chi connectivity index (χ4v) is 4.21. The van der Waals surface area contributed by atoms with Gasteiger partial charge in [0.05, 0.1) is 41.4 Å². The number of aliphatic imine (C=N–C) groups is 1. The topological polar surface area (TPSA) is 102 Å². The Labute approximate surface area is 216 Å². The molecule has 2 N–H and O–H groups in total. The van der Waals surface area contributed by atoms with E-state index in [0.29, 0.717) is 39.9 Å². The third-order valence-electron chi connectivity index (χ3n) is 5.11. The van der Waals surface area contributed by atoms with Gasteiger partial charge in [-0.25, -0.2) is 14.4 Å². The Hall–Kier alpha value is -3.69. The van der Waals surface area contributed by atoms with Crippen molar-refractivity contribution in [2.24, 2.45) is 4.99 Å². The van der Waals surface area contributed by atoms with Gasteiger partial charge in [0, 0.05) is 10.6 Å². The van der Waals surface area contributed by atoms with Crippen LogP contribution in [0.4, 0.5) is 10.1 Å². The first-order valence-electron chi connectivity index (χ1n) is 11.0. The number of para-hydroxylation sites is 1. The number of carbonyl (C=O) groups is 2. The predicted octanol–water partition coefficient (Wildman–Crippen LogP) is 4.87. The van der Waals surface area contributed by atoms with E-state index in [0.717, 1.165) is 12.3 Å². The van der Waals surface area contributed by atoms with Gasteiger partial charge in [-0.3, -0.25) is 9.59 Å². The van der Waals surface area contributed by atoms with Crippen molar-refractivity contribution < 1.29 is 23.5 Å². The maximum atomic E-state index is 13.9. The van der Waals surface area contributed by atoms with Gasteiger partial charge >= 0.3 is 0 Å². The van der Waals surface area contributed by atoms with Crippen LogP contribution in [0.2, 0.25) is 10.0 Å². The third kappa shape index (κ3) is 5.27. The molecule has 0 spiro atoms. The first-order chi connectivity index (χ1) is 17.3. The molecular weight excluding hydrogens is 510 g/mol. The van der Waals surface area contributed by atoms with Crippen LogP contribution >= 0.6 is 23.2 Å². The number of hydrogen-bond donors (Lipinski definition) is 2. The molecule has 2 amide bonds. The average molecular weight is 531 g/mol. The first kappa shape index (κ1) is 25.4. The smallest absolute Gasteiger partial charge is 0.269 e. The van der Waals surface area contributed by atoms with Gasteiger partial charge < -0.3 is 20.1 Å². The zero-order chi connectivity index (χ0) is 25.8. The predicted molar refractivity (Wildman–Crippen MR) is 135 cm³/mol. The molecule has 1 aliphatic rings. The summed E-state index contributed by atoms with van der Waals surface area (Å²) in [6.45, 7) is 4.03. The minimum absolute atomic E-state index is 0.0719. The number of pyridine rings is 1. The van der Waals surface area contributed by atoms with Crippen molar-refractivity contribution >= 4 is 46.4 Å². The van der Waals surface area contributed by atoms with Crippen molar-refractivity contribution in [2.75, 3.05) is 18.5 Å². The SMILES string of the molecule is CCOc1cc(Cl)cc(Cl)c1C1=NC(NC(=O)c2cc(F)cnc2OCC)C(=O)Nc2ccccc21. The molecule has 4 rings (SSSR count). The van der Waals surface area contributed by atoms with Crippen molar-refractivity contribution in [1.29, 1.82) is 0 Å². The van der Waals surface area contributed by atoms with Gasteiger partial charge in [-0.1, -0.05) is 41.4 Å². The van der Waals surface area contributed by atoms with Crippen LogP contribution in [-0.4, -0.2) is 41.9 Å². The first-order valence-corrected chi connectivity index (χ1v) is 11.8. The molecule has 0 saturated heterocycles. The molecule has 0 aliphatic carbocycles. The highest BCUT2D eigenvalue weighted by Gasteiger charge is 2.30. The number of ether oxygens (including phenoxy) is 2. The number of carbonyl (C=O) groups excluding carboxylic acids is 2. The second-order valence-electron chi connectivity index (χ2n) is 7.52. The lowest BCUT2D eigenvalue weighted by molar-refractivity contribution is -0.117. The third-order valence-corrected chi connectivity index (χ3v) is 5.63. The van der Waals surface area contributed by atoms with Gasteiger partial charge in [0.25, 0.3) is 11.8 Å². The fourth-order valence-electron chi connectivity index (χ4n) is 3.65. The number of fused-ring (bicyclic) bond motifs is 1. The molecule has 1 aliphatic heterocycles. The summed E-state index contributed by atoms with van der Waals surface area (Å²) in [5.41, 5.74) is 1.52. The van der Waals surface area contributed by atoms with E-state index in [1.807, 2.05) is 0 Å². The minimum Gasteiger partial charge on any atom is -0.493 e. The molecule has 1 atom stereocenters. The van der Waals surface area contributed by atoms with Crippen LogP contribution in [0.1, 0.15) is 35.3 Å². The van der Waals surface area contributed by atoms with E-state index in [1.165, 1.54) is 6.07 Å². The summed E-state index contributed by atoms with van der Waals surface area (Å²) in [7, 11) is 0. The number of benzodiazepines with no additional fused rings is 1. The van der Waals surface area contributed by atoms with Crippen LogP contribution in [-0.2, 0) is 4.79 Å². The Morgan fingerprint density at radius 2 is 1.89 bits per heavy atom. The Bertz CT molecular complexity index is 1370. The molecule has 11 heteroatoms. The summed E-state index contributed by atoms with van der Waals surface area (Å²) in [5, 5.41) is 5.90. The Morgan fingerprint density at radius 1 is 1.14 bits per heavy atom. The summed E-state index contributed by atoms with van der Waals surface area (Å²) < 4.78 is 25.0. The standard InChI is InChI=1S/C25H21Cl2FN4O4/c1-3-35-19-10-13(26)9-17(27)20(19)21-15-7-5-6-8-18(15)30-24(34)22(31-21)32-23(33)16-11-14(28)12-29-25(16)36-4-2/h5-12,22H,3-4H2,1-2H3,(H,30,34)(H,32,33). The molecule has 1 unspecified atom stereocenters. The van der Waals surface area contributed by atoms with Crippen molar-refractivity contribution in [2.45, 2.75) is 20.0 Å². The molecule has 0 saturated carbocycles. The van der Waals surface area contributed by atoms with E-state index in [9.17, 15) is 14.0 Å². The molecule has 8 nitrogen and oxygen atoms in total. The summed E-state index contributed by atoms with van der Waals surface area (Å²) in [4.78, 5) is 34.6. The number of anilines is 1. The number of amides is 2. The summed E-state index contributed by atoms with van der Waals surface area (Å²) in [6.07, 6.45) is -0.468. The van der Waals surface area contributed by atoms with Gasteiger partial charge in [0.15, 0.2) is 0 Å². The number of aromatic nitrogens is 1. The minimum atomic E-state index is -1.40. The van der Waals surface area contributed by atoms with Crippen LogP contribution in [0.15, 0.2) is 53.7 Å². The molecule has 0 bridgehead atoms. The number of benzene rings is 2. The number of nitrogens with one attached hydrogen (secondary N) is 2. The lowest BCUT2D eigenvalue weighted by Crippen LogP contribution is -2.42. The van der Waals surface area contributed by atoms with Crippen molar-refractivity contribution in [3.05, 3.63) is 81.2 Å². The molecule has 2 aromatic carbocycles. The zero-order valence-corrected chi connectivity index (χ0v) is 20.8. The van der Waals surface area contributed by atoms with Crippen LogP contribution in [0.25, 0.3) is 0 Å². The molecule has 186 valence electrons. The number of halogens is 3. The maximum absolute atomic E-state index is 13.9. The van der Waals surface area contributed by atoms with Gasteiger partial charge in [-0.05, 0) is 38.1 Å². The lowest BCUT2D eigenvalue weighted by atomic mass is 9.99. The van der Waals surface area contributed by atoms with Gasteiger partial charge in [-0.15, -0.1) is 0 Å². The normalized spacial score (nSPS) is 14.8. The highest BCUT2D eigenvalue weighted by Crippen LogP contribution is 2.36. The van der Waals surface area contributed by atoms with Gasteiger partial charge in [0.2, 0.25) is 12.0 Å².